The Bertz CT molecular complexity index is 535. The van der Waals surface area contributed by atoms with Crippen molar-refractivity contribution in [3.8, 4) is 5.75 Å². The largest absolute Gasteiger partial charge is 0.486 e. The lowest BCUT2D eigenvalue weighted by Gasteiger charge is -2.06. The maximum atomic E-state index is 12.7. The molecule has 0 unspecified atom stereocenters. The number of nitrogens with two attached hydrogens (primary N) is 1. The molecule has 2 aromatic rings. The molecule has 1 heterocycles. The van der Waals surface area contributed by atoms with Gasteiger partial charge >= 0.3 is 0 Å². The molecule has 0 amide bonds. The van der Waals surface area contributed by atoms with Gasteiger partial charge < -0.3 is 10.5 Å². The lowest BCUT2D eigenvalue weighted by atomic mass is 10.3. The Kier molecular flexibility index (Phi) is 3.93. The standard InChI is InChI=1S/C11H11FN4OS/c1-18-11-15-9(14-10(13)16-11)6-17-8-4-2-7(12)3-5-8/h2-5H,6H2,1H3,(H2,13,14,15,16). The summed E-state index contributed by atoms with van der Waals surface area (Å²) in [5.74, 6) is 0.834. The molecule has 1 aromatic heterocycles. The molecule has 2 rings (SSSR count). The van der Waals surface area contributed by atoms with Gasteiger partial charge in [-0.25, -0.2) is 9.37 Å². The Labute approximate surface area is 108 Å². The van der Waals surface area contributed by atoms with Gasteiger partial charge in [0.25, 0.3) is 0 Å². The molecule has 2 N–H and O–H groups in total. The zero-order chi connectivity index (χ0) is 13.0. The highest BCUT2D eigenvalue weighted by molar-refractivity contribution is 7.98. The summed E-state index contributed by atoms with van der Waals surface area (Å²) in [6, 6.07) is 5.72. The Balaban J connectivity index is 2.05. The minimum atomic E-state index is -0.309. The van der Waals surface area contributed by atoms with E-state index in [2.05, 4.69) is 15.0 Å². The molecule has 0 bridgehead atoms. The maximum Gasteiger partial charge on any atom is 0.224 e. The fourth-order valence-corrected chi connectivity index (χ4v) is 1.63. The molecule has 0 aliphatic rings. The zero-order valence-electron chi connectivity index (χ0n) is 9.63. The molecule has 1 aromatic carbocycles. The van der Waals surface area contributed by atoms with E-state index in [0.29, 0.717) is 16.7 Å². The van der Waals surface area contributed by atoms with E-state index in [1.165, 1.54) is 36.0 Å². The van der Waals surface area contributed by atoms with E-state index in [9.17, 15) is 4.39 Å². The van der Waals surface area contributed by atoms with Crippen molar-refractivity contribution in [3.63, 3.8) is 0 Å². The lowest BCUT2D eigenvalue weighted by Crippen LogP contribution is -2.07. The second-order valence-electron chi connectivity index (χ2n) is 3.34. The lowest BCUT2D eigenvalue weighted by molar-refractivity contribution is 0.294. The zero-order valence-corrected chi connectivity index (χ0v) is 10.4. The van der Waals surface area contributed by atoms with Gasteiger partial charge in [-0.1, -0.05) is 11.8 Å². The number of hydrogen-bond donors (Lipinski definition) is 1. The first-order chi connectivity index (χ1) is 8.67. The number of thioether (sulfide) groups is 1. The Morgan fingerprint density at radius 2 is 1.94 bits per heavy atom. The topological polar surface area (TPSA) is 73.9 Å². The quantitative estimate of drug-likeness (QED) is 0.852. The summed E-state index contributed by atoms with van der Waals surface area (Å²) in [6.45, 7) is 0.159. The van der Waals surface area contributed by atoms with Gasteiger partial charge in [0.15, 0.2) is 11.0 Å². The van der Waals surface area contributed by atoms with Crippen LogP contribution in [0, 0.1) is 5.82 Å². The van der Waals surface area contributed by atoms with Gasteiger partial charge in [-0.2, -0.15) is 9.97 Å². The molecule has 5 nitrogen and oxygen atoms in total. The van der Waals surface area contributed by atoms with E-state index in [4.69, 9.17) is 10.5 Å². The molecule has 0 radical (unpaired) electrons. The highest BCUT2D eigenvalue weighted by Gasteiger charge is 2.04. The van der Waals surface area contributed by atoms with Crippen molar-refractivity contribution in [3.05, 3.63) is 35.9 Å². The van der Waals surface area contributed by atoms with Crippen molar-refractivity contribution >= 4 is 17.7 Å². The normalized spacial score (nSPS) is 10.3. The van der Waals surface area contributed by atoms with Crippen molar-refractivity contribution in [1.29, 1.82) is 0 Å². The predicted molar refractivity (Wildman–Crippen MR) is 66.8 cm³/mol. The highest BCUT2D eigenvalue weighted by Crippen LogP contribution is 2.14. The van der Waals surface area contributed by atoms with E-state index in [1.54, 1.807) is 0 Å². The highest BCUT2D eigenvalue weighted by atomic mass is 32.2. The molecule has 0 saturated carbocycles. The third-order valence-electron chi connectivity index (χ3n) is 2.04. The van der Waals surface area contributed by atoms with Gasteiger partial charge in [0.1, 0.15) is 18.2 Å². The first kappa shape index (κ1) is 12.6. The average Bonchev–Trinajstić information content (AvgIpc) is 2.37. The maximum absolute atomic E-state index is 12.7. The molecule has 0 atom stereocenters. The number of benzene rings is 1. The molecule has 0 aliphatic heterocycles. The summed E-state index contributed by atoms with van der Waals surface area (Å²) < 4.78 is 18.1. The Morgan fingerprint density at radius 3 is 2.61 bits per heavy atom. The van der Waals surface area contributed by atoms with Crippen molar-refractivity contribution in [1.82, 2.24) is 15.0 Å². The van der Waals surface area contributed by atoms with Gasteiger partial charge in [0, 0.05) is 0 Å². The number of rotatable bonds is 4. The third kappa shape index (κ3) is 3.30. The third-order valence-corrected chi connectivity index (χ3v) is 2.59. The SMILES string of the molecule is CSc1nc(N)nc(COc2ccc(F)cc2)n1. The second kappa shape index (κ2) is 5.63. The molecule has 94 valence electrons. The van der Waals surface area contributed by atoms with Crippen LogP contribution in [0.3, 0.4) is 0 Å². The smallest absolute Gasteiger partial charge is 0.224 e. The molecule has 0 aliphatic carbocycles. The van der Waals surface area contributed by atoms with E-state index >= 15 is 0 Å². The first-order valence-corrected chi connectivity index (χ1v) is 6.32. The minimum Gasteiger partial charge on any atom is -0.486 e. The summed E-state index contributed by atoms with van der Waals surface area (Å²) in [4.78, 5) is 12.0. The number of nitrogens with zero attached hydrogens (tertiary/aromatic N) is 3. The molecule has 0 spiro atoms. The summed E-state index contributed by atoms with van der Waals surface area (Å²) in [7, 11) is 0. The number of ether oxygens (including phenoxy) is 1. The van der Waals surface area contributed by atoms with E-state index in [0.717, 1.165) is 0 Å². The van der Waals surface area contributed by atoms with Crippen LogP contribution in [0.2, 0.25) is 0 Å². The summed E-state index contributed by atoms with van der Waals surface area (Å²) >= 11 is 1.37. The van der Waals surface area contributed by atoms with Crippen LogP contribution in [0.1, 0.15) is 5.82 Å². The van der Waals surface area contributed by atoms with Crippen LogP contribution < -0.4 is 10.5 Å². The van der Waals surface area contributed by atoms with Crippen molar-refractivity contribution < 1.29 is 9.13 Å². The van der Waals surface area contributed by atoms with Crippen molar-refractivity contribution in [2.45, 2.75) is 11.8 Å². The van der Waals surface area contributed by atoms with Gasteiger partial charge in [-0.3, -0.25) is 0 Å². The van der Waals surface area contributed by atoms with E-state index < -0.39 is 0 Å². The van der Waals surface area contributed by atoms with Crippen LogP contribution in [0.25, 0.3) is 0 Å². The van der Waals surface area contributed by atoms with Crippen molar-refractivity contribution in [2.75, 3.05) is 12.0 Å². The van der Waals surface area contributed by atoms with Crippen LogP contribution in [0.5, 0.6) is 5.75 Å². The minimum absolute atomic E-state index is 0.159. The fourth-order valence-electron chi connectivity index (χ4n) is 1.25. The van der Waals surface area contributed by atoms with Gasteiger partial charge in [0.05, 0.1) is 0 Å². The van der Waals surface area contributed by atoms with Crippen LogP contribution >= 0.6 is 11.8 Å². The monoisotopic (exact) mass is 266 g/mol. The first-order valence-electron chi connectivity index (χ1n) is 5.10. The Hall–Kier alpha value is -1.89. The van der Waals surface area contributed by atoms with E-state index in [1.807, 2.05) is 6.26 Å². The van der Waals surface area contributed by atoms with Crippen LogP contribution in [0.15, 0.2) is 29.4 Å². The van der Waals surface area contributed by atoms with Gasteiger partial charge in [0.2, 0.25) is 5.95 Å². The van der Waals surface area contributed by atoms with Crippen LogP contribution in [-0.2, 0) is 6.61 Å². The average molecular weight is 266 g/mol. The van der Waals surface area contributed by atoms with Crippen LogP contribution in [0.4, 0.5) is 10.3 Å². The van der Waals surface area contributed by atoms with Gasteiger partial charge in [-0.05, 0) is 30.5 Å². The summed E-state index contributed by atoms with van der Waals surface area (Å²) in [5.41, 5.74) is 5.54. The fraction of sp³-hybridized carbons (Fsp3) is 0.182. The Morgan fingerprint density at radius 1 is 1.22 bits per heavy atom. The molecular formula is C11H11FN4OS. The molecule has 18 heavy (non-hydrogen) atoms. The number of nitrogen functional groups attached to an aromatic ring is 1. The van der Waals surface area contributed by atoms with Crippen molar-refractivity contribution in [2.24, 2.45) is 0 Å². The van der Waals surface area contributed by atoms with Gasteiger partial charge in [-0.15, -0.1) is 0 Å². The number of anilines is 1. The predicted octanol–water partition coefficient (Wildman–Crippen LogP) is 1.89. The van der Waals surface area contributed by atoms with E-state index in [-0.39, 0.29) is 18.4 Å². The summed E-state index contributed by atoms with van der Waals surface area (Å²) in [6.07, 6.45) is 1.85. The number of aromatic nitrogens is 3. The summed E-state index contributed by atoms with van der Waals surface area (Å²) in [5, 5.41) is 0.542. The number of hydrogen-bond acceptors (Lipinski definition) is 6. The molecular weight excluding hydrogens is 255 g/mol. The number of halogens is 1. The second-order valence-corrected chi connectivity index (χ2v) is 4.11. The van der Waals surface area contributed by atoms with Crippen LogP contribution in [-0.4, -0.2) is 21.2 Å². The molecule has 0 fully saturated rings. The molecule has 7 heteroatoms. The molecule has 0 saturated heterocycles.